The van der Waals surface area contributed by atoms with Gasteiger partial charge < -0.3 is 4.57 Å². The molecule has 0 spiro atoms. The van der Waals surface area contributed by atoms with Crippen LogP contribution in [0.15, 0.2) is 53.7 Å². The lowest BCUT2D eigenvalue weighted by Gasteiger charge is -2.08. The van der Waals surface area contributed by atoms with E-state index in [0.717, 1.165) is 31.5 Å². The summed E-state index contributed by atoms with van der Waals surface area (Å²) in [5, 5.41) is 0. The molecular formula is C17H15F3N2O. The Morgan fingerprint density at radius 1 is 1.17 bits per heavy atom. The lowest BCUT2D eigenvalue weighted by atomic mass is 10.1. The molecule has 1 saturated carbocycles. The van der Waals surface area contributed by atoms with E-state index in [-0.39, 0.29) is 5.56 Å². The quantitative estimate of drug-likeness (QED) is 0.850. The number of rotatable bonds is 3. The molecule has 0 bridgehead atoms. The van der Waals surface area contributed by atoms with Crippen molar-refractivity contribution in [2.45, 2.75) is 25.6 Å². The van der Waals surface area contributed by atoms with Crippen LogP contribution in [-0.2, 0) is 12.7 Å². The molecule has 0 aliphatic heterocycles. The number of hydrogen-bond donors (Lipinski definition) is 0. The normalized spacial score (nSPS) is 15.7. The molecule has 3 rings (SSSR count). The van der Waals surface area contributed by atoms with Crippen molar-refractivity contribution in [2.75, 3.05) is 0 Å². The second-order valence-corrected chi connectivity index (χ2v) is 5.65. The van der Waals surface area contributed by atoms with Gasteiger partial charge >= 0.3 is 6.18 Å². The molecule has 0 saturated heterocycles. The van der Waals surface area contributed by atoms with Crippen LogP contribution in [0.3, 0.4) is 0 Å². The van der Waals surface area contributed by atoms with E-state index in [1.54, 1.807) is 12.1 Å². The van der Waals surface area contributed by atoms with E-state index < -0.39 is 17.6 Å². The Bertz CT molecular complexity index is 789. The van der Waals surface area contributed by atoms with Crippen molar-refractivity contribution in [1.29, 1.82) is 0 Å². The van der Waals surface area contributed by atoms with Gasteiger partial charge in [-0.1, -0.05) is 12.1 Å². The van der Waals surface area contributed by atoms with E-state index in [1.165, 1.54) is 12.1 Å². The fourth-order valence-electron chi connectivity index (χ4n) is 2.30. The molecule has 2 aromatic rings. The van der Waals surface area contributed by atoms with Crippen molar-refractivity contribution in [3.05, 3.63) is 65.3 Å². The molecule has 1 amide bonds. The van der Waals surface area contributed by atoms with Gasteiger partial charge in [-0.15, -0.1) is 0 Å². The highest BCUT2D eigenvalue weighted by Crippen LogP contribution is 2.30. The predicted octanol–water partition coefficient (Wildman–Crippen LogP) is 3.66. The maximum Gasteiger partial charge on any atom is 0.416 e. The van der Waals surface area contributed by atoms with Gasteiger partial charge in [0.2, 0.25) is 0 Å². The Morgan fingerprint density at radius 2 is 1.96 bits per heavy atom. The largest absolute Gasteiger partial charge is 0.416 e. The van der Waals surface area contributed by atoms with Gasteiger partial charge in [0.05, 0.1) is 5.56 Å². The number of halogens is 3. The van der Waals surface area contributed by atoms with E-state index in [9.17, 15) is 18.0 Å². The molecule has 120 valence electrons. The number of carbonyl (C=O) groups is 1. The average molecular weight is 320 g/mol. The first-order valence-electron chi connectivity index (χ1n) is 7.35. The number of nitrogens with zero attached hydrogens (tertiary/aromatic N) is 2. The molecule has 1 fully saturated rings. The van der Waals surface area contributed by atoms with Crippen molar-refractivity contribution >= 4 is 5.91 Å². The minimum absolute atomic E-state index is 0.0679. The molecule has 6 heteroatoms. The summed E-state index contributed by atoms with van der Waals surface area (Å²) in [5.41, 5.74) is -0.457. The van der Waals surface area contributed by atoms with Crippen LogP contribution in [0.5, 0.6) is 0 Å². The van der Waals surface area contributed by atoms with Gasteiger partial charge in [-0.05, 0) is 49.1 Å². The second kappa shape index (κ2) is 6.02. The summed E-state index contributed by atoms with van der Waals surface area (Å²) < 4.78 is 40.0. The molecule has 0 N–H and O–H groups in total. The van der Waals surface area contributed by atoms with Gasteiger partial charge in [-0.25, -0.2) is 0 Å². The van der Waals surface area contributed by atoms with Crippen LogP contribution < -0.4 is 5.49 Å². The van der Waals surface area contributed by atoms with E-state index in [1.807, 2.05) is 16.8 Å². The zero-order valence-electron chi connectivity index (χ0n) is 12.3. The molecule has 1 aromatic heterocycles. The molecule has 0 unspecified atom stereocenters. The van der Waals surface area contributed by atoms with Crippen molar-refractivity contribution in [2.24, 2.45) is 10.9 Å². The third kappa shape index (κ3) is 3.88. The van der Waals surface area contributed by atoms with Crippen LogP contribution in [0.1, 0.15) is 28.8 Å². The lowest BCUT2D eigenvalue weighted by Crippen LogP contribution is -2.22. The molecule has 3 nitrogen and oxygen atoms in total. The maximum absolute atomic E-state index is 12.7. The van der Waals surface area contributed by atoms with Crippen LogP contribution >= 0.6 is 0 Å². The second-order valence-electron chi connectivity index (χ2n) is 5.65. The highest BCUT2D eigenvalue weighted by molar-refractivity contribution is 5.95. The first kappa shape index (κ1) is 15.5. The Morgan fingerprint density at radius 3 is 2.65 bits per heavy atom. The van der Waals surface area contributed by atoms with Gasteiger partial charge in [0.25, 0.3) is 5.91 Å². The standard InChI is InChI=1S/C17H15F3N2O/c18-17(19,20)14-5-3-4-13(10-14)16(23)21-15-6-1-2-9-22(15)11-12-7-8-12/h1-6,9-10,12H,7-8,11H2/b21-15+. The summed E-state index contributed by atoms with van der Waals surface area (Å²) in [6.45, 7) is 0.773. The van der Waals surface area contributed by atoms with Gasteiger partial charge in [0, 0.05) is 18.3 Å². The molecule has 0 radical (unpaired) electrons. The third-order valence-corrected chi connectivity index (χ3v) is 3.72. The van der Waals surface area contributed by atoms with Crippen molar-refractivity contribution in [3.63, 3.8) is 0 Å². The Labute approximate surface area is 131 Å². The monoisotopic (exact) mass is 320 g/mol. The summed E-state index contributed by atoms with van der Waals surface area (Å²) in [6, 6.07) is 9.61. The third-order valence-electron chi connectivity index (χ3n) is 3.72. The number of pyridine rings is 1. The number of alkyl halides is 3. The fraction of sp³-hybridized carbons (Fsp3) is 0.294. The molecule has 1 aliphatic carbocycles. The highest BCUT2D eigenvalue weighted by Gasteiger charge is 2.30. The van der Waals surface area contributed by atoms with Crippen molar-refractivity contribution in [3.8, 4) is 0 Å². The van der Waals surface area contributed by atoms with Crippen LogP contribution in [0, 0.1) is 5.92 Å². The Kier molecular flexibility index (Phi) is 4.07. The number of hydrogen-bond acceptors (Lipinski definition) is 1. The van der Waals surface area contributed by atoms with Crippen LogP contribution in [0.2, 0.25) is 0 Å². The molecule has 1 aromatic carbocycles. The van der Waals surface area contributed by atoms with E-state index in [0.29, 0.717) is 11.4 Å². The van der Waals surface area contributed by atoms with Crippen molar-refractivity contribution in [1.82, 2.24) is 4.57 Å². The average Bonchev–Trinajstić information content (AvgIpc) is 3.32. The zero-order chi connectivity index (χ0) is 16.4. The summed E-state index contributed by atoms with van der Waals surface area (Å²) in [4.78, 5) is 16.2. The minimum Gasteiger partial charge on any atom is -0.333 e. The fourth-order valence-corrected chi connectivity index (χ4v) is 2.30. The molecule has 23 heavy (non-hydrogen) atoms. The first-order chi connectivity index (χ1) is 10.9. The van der Waals surface area contributed by atoms with E-state index in [2.05, 4.69) is 4.99 Å². The summed E-state index contributed by atoms with van der Waals surface area (Å²) in [6.07, 6.45) is -0.336. The summed E-state index contributed by atoms with van der Waals surface area (Å²) >= 11 is 0. The zero-order valence-corrected chi connectivity index (χ0v) is 12.3. The lowest BCUT2D eigenvalue weighted by molar-refractivity contribution is -0.137. The SMILES string of the molecule is O=C(/N=c1\ccccn1CC1CC1)c1cccc(C(F)(F)F)c1. The number of aromatic nitrogens is 1. The molecule has 1 heterocycles. The molecule has 1 aliphatic rings. The smallest absolute Gasteiger partial charge is 0.333 e. The van der Waals surface area contributed by atoms with Crippen molar-refractivity contribution < 1.29 is 18.0 Å². The van der Waals surface area contributed by atoms with Gasteiger partial charge in [0.1, 0.15) is 5.49 Å². The Balaban J connectivity index is 1.92. The van der Waals surface area contributed by atoms with Gasteiger partial charge in [0.15, 0.2) is 0 Å². The minimum atomic E-state index is -4.48. The van der Waals surface area contributed by atoms with Gasteiger partial charge in [-0.3, -0.25) is 4.79 Å². The van der Waals surface area contributed by atoms with Crippen LogP contribution in [-0.4, -0.2) is 10.5 Å². The van der Waals surface area contributed by atoms with Crippen LogP contribution in [0.4, 0.5) is 13.2 Å². The Hall–Kier alpha value is -2.37. The maximum atomic E-state index is 12.7. The summed E-state index contributed by atoms with van der Waals surface area (Å²) in [5.74, 6) is -0.0770. The predicted molar refractivity (Wildman–Crippen MR) is 78.5 cm³/mol. The van der Waals surface area contributed by atoms with Crippen LogP contribution in [0.25, 0.3) is 0 Å². The van der Waals surface area contributed by atoms with E-state index >= 15 is 0 Å². The topological polar surface area (TPSA) is 34.4 Å². The number of amides is 1. The highest BCUT2D eigenvalue weighted by atomic mass is 19.4. The van der Waals surface area contributed by atoms with E-state index in [4.69, 9.17) is 0 Å². The molecule has 0 atom stereocenters. The summed E-state index contributed by atoms with van der Waals surface area (Å²) in [7, 11) is 0. The first-order valence-corrected chi connectivity index (χ1v) is 7.35. The molecular weight excluding hydrogens is 305 g/mol. The number of benzene rings is 1. The number of carbonyl (C=O) groups excluding carboxylic acids is 1. The van der Waals surface area contributed by atoms with Gasteiger partial charge in [-0.2, -0.15) is 18.2 Å².